The highest BCUT2D eigenvalue weighted by Crippen LogP contribution is 2.24. The van der Waals surface area contributed by atoms with Gasteiger partial charge < -0.3 is 9.80 Å². The van der Waals surface area contributed by atoms with E-state index in [0.717, 1.165) is 56.8 Å². The van der Waals surface area contributed by atoms with Crippen LogP contribution in [0.5, 0.6) is 0 Å². The fourth-order valence-electron chi connectivity index (χ4n) is 4.57. The van der Waals surface area contributed by atoms with E-state index in [1.54, 1.807) is 6.20 Å². The van der Waals surface area contributed by atoms with Gasteiger partial charge in [-0.05, 0) is 61.6 Å². The van der Waals surface area contributed by atoms with Crippen LogP contribution in [0.25, 0.3) is 0 Å². The normalized spacial score (nSPS) is 21.0. The number of likely N-dealkylation sites (tertiary alicyclic amines) is 1. The maximum atomic E-state index is 12.9. The number of hydrogen-bond acceptors (Lipinski definition) is 3. The van der Waals surface area contributed by atoms with Crippen molar-refractivity contribution in [2.24, 2.45) is 11.8 Å². The summed E-state index contributed by atoms with van der Waals surface area (Å²) in [6, 6.07) is 14.7. The van der Waals surface area contributed by atoms with Crippen molar-refractivity contribution in [1.29, 1.82) is 0 Å². The number of aromatic nitrogens is 1. The number of carbonyl (C=O) groups excluding carboxylic acids is 1. The Morgan fingerprint density at radius 3 is 2.50 bits per heavy atom. The molecule has 1 aromatic carbocycles. The van der Waals surface area contributed by atoms with Crippen molar-refractivity contribution in [3.05, 3.63) is 59.8 Å². The molecule has 148 valence electrons. The van der Waals surface area contributed by atoms with E-state index in [2.05, 4.69) is 47.1 Å². The van der Waals surface area contributed by atoms with Crippen molar-refractivity contribution in [3.63, 3.8) is 0 Å². The second kappa shape index (κ2) is 8.76. The quantitative estimate of drug-likeness (QED) is 0.792. The van der Waals surface area contributed by atoms with E-state index >= 15 is 0 Å². The number of hydrogen-bond donors (Lipinski definition) is 0. The highest BCUT2D eigenvalue weighted by atomic mass is 16.2. The van der Waals surface area contributed by atoms with Crippen LogP contribution in [-0.4, -0.2) is 42.0 Å². The van der Waals surface area contributed by atoms with Gasteiger partial charge in [0.05, 0.1) is 5.56 Å². The minimum Gasteiger partial charge on any atom is -0.356 e. The maximum Gasteiger partial charge on any atom is 0.255 e. The smallest absolute Gasteiger partial charge is 0.255 e. The Labute approximate surface area is 168 Å². The van der Waals surface area contributed by atoms with Gasteiger partial charge in [0.15, 0.2) is 0 Å². The average Bonchev–Trinajstić information content (AvgIpc) is 2.75. The molecule has 1 amide bonds. The fraction of sp³-hybridized carbons (Fsp3) is 0.500. The Morgan fingerprint density at radius 2 is 1.82 bits per heavy atom. The van der Waals surface area contributed by atoms with E-state index < -0.39 is 0 Å². The molecule has 0 bridgehead atoms. The van der Waals surface area contributed by atoms with Crippen molar-refractivity contribution < 1.29 is 4.79 Å². The molecule has 0 saturated carbocycles. The highest BCUT2D eigenvalue weighted by molar-refractivity contribution is 5.94. The maximum absolute atomic E-state index is 12.9. The largest absolute Gasteiger partial charge is 0.356 e. The molecule has 4 nitrogen and oxygen atoms in total. The second-order valence-electron chi connectivity index (χ2n) is 8.52. The first-order chi connectivity index (χ1) is 13.7. The molecule has 1 unspecified atom stereocenters. The number of carbonyl (C=O) groups is 1. The molecule has 4 heteroatoms. The molecular formula is C24H31N3O. The fourth-order valence-corrected chi connectivity index (χ4v) is 4.57. The minimum atomic E-state index is 0.129. The van der Waals surface area contributed by atoms with Crippen LogP contribution in [0.1, 0.15) is 48.5 Å². The monoisotopic (exact) mass is 377 g/mol. The number of amides is 1. The van der Waals surface area contributed by atoms with Gasteiger partial charge in [-0.3, -0.25) is 4.79 Å². The zero-order valence-corrected chi connectivity index (χ0v) is 16.9. The average molecular weight is 378 g/mol. The molecule has 0 N–H and O–H groups in total. The summed E-state index contributed by atoms with van der Waals surface area (Å²) < 4.78 is 0. The van der Waals surface area contributed by atoms with E-state index in [0.29, 0.717) is 11.8 Å². The molecule has 2 fully saturated rings. The zero-order chi connectivity index (χ0) is 19.3. The van der Waals surface area contributed by atoms with E-state index in [1.807, 2.05) is 17.0 Å². The number of pyridine rings is 1. The predicted octanol–water partition coefficient (Wildman–Crippen LogP) is 4.41. The van der Waals surface area contributed by atoms with Gasteiger partial charge in [0.2, 0.25) is 0 Å². The number of anilines is 1. The first kappa shape index (κ1) is 19.0. The van der Waals surface area contributed by atoms with Gasteiger partial charge in [-0.25, -0.2) is 4.98 Å². The van der Waals surface area contributed by atoms with Crippen LogP contribution in [0, 0.1) is 11.8 Å². The van der Waals surface area contributed by atoms with Crippen LogP contribution in [0.2, 0.25) is 0 Å². The van der Waals surface area contributed by atoms with Crippen molar-refractivity contribution in [1.82, 2.24) is 9.88 Å². The summed E-state index contributed by atoms with van der Waals surface area (Å²) in [5, 5.41) is 0. The van der Waals surface area contributed by atoms with Gasteiger partial charge in [0.25, 0.3) is 5.91 Å². The van der Waals surface area contributed by atoms with Gasteiger partial charge >= 0.3 is 0 Å². The molecule has 1 aromatic heterocycles. The van der Waals surface area contributed by atoms with Crippen LogP contribution in [0.15, 0.2) is 48.7 Å². The van der Waals surface area contributed by atoms with E-state index in [-0.39, 0.29) is 5.91 Å². The lowest BCUT2D eigenvalue weighted by molar-refractivity contribution is 0.0690. The zero-order valence-electron chi connectivity index (χ0n) is 16.9. The molecule has 28 heavy (non-hydrogen) atoms. The lowest BCUT2D eigenvalue weighted by Gasteiger charge is -2.33. The topological polar surface area (TPSA) is 36.4 Å². The van der Waals surface area contributed by atoms with Gasteiger partial charge in [-0.1, -0.05) is 37.3 Å². The Bertz CT molecular complexity index is 766. The lowest BCUT2D eigenvalue weighted by atomic mass is 9.90. The summed E-state index contributed by atoms with van der Waals surface area (Å²) in [6.07, 6.45) is 7.57. The molecular weight excluding hydrogens is 346 g/mol. The first-order valence-corrected chi connectivity index (χ1v) is 10.7. The van der Waals surface area contributed by atoms with Crippen LogP contribution in [-0.2, 0) is 6.42 Å². The number of rotatable bonds is 4. The predicted molar refractivity (Wildman–Crippen MR) is 114 cm³/mol. The number of benzene rings is 1. The summed E-state index contributed by atoms with van der Waals surface area (Å²) in [6.45, 7) is 6.13. The Hall–Kier alpha value is -2.36. The molecule has 0 aliphatic carbocycles. The van der Waals surface area contributed by atoms with Gasteiger partial charge in [0.1, 0.15) is 5.82 Å². The van der Waals surface area contributed by atoms with Gasteiger partial charge in [-0.2, -0.15) is 0 Å². The molecule has 0 spiro atoms. The van der Waals surface area contributed by atoms with Crippen LogP contribution in [0.4, 0.5) is 5.82 Å². The minimum absolute atomic E-state index is 0.129. The number of nitrogens with zero attached hydrogens (tertiary/aromatic N) is 3. The Kier molecular flexibility index (Phi) is 5.94. The van der Waals surface area contributed by atoms with Gasteiger partial charge in [-0.15, -0.1) is 0 Å². The van der Waals surface area contributed by atoms with Crippen molar-refractivity contribution in [3.8, 4) is 0 Å². The summed E-state index contributed by atoms with van der Waals surface area (Å²) in [5.41, 5.74) is 2.12. The Balaban J connectivity index is 1.31. The lowest BCUT2D eigenvalue weighted by Crippen LogP contribution is -2.39. The van der Waals surface area contributed by atoms with E-state index in [4.69, 9.17) is 0 Å². The van der Waals surface area contributed by atoms with Crippen molar-refractivity contribution in [2.75, 3.05) is 31.1 Å². The molecule has 2 aromatic rings. The second-order valence-corrected chi connectivity index (χ2v) is 8.52. The van der Waals surface area contributed by atoms with E-state index in [1.165, 1.54) is 18.4 Å². The van der Waals surface area contributed by atoms with Crippen molar-refractivity contribution in [2.45, 2.75) is 39.0 Å². The first-order valence-electron chi connectivity index (χ1n) is 10.7. The Morgan fingerprint density at radius 1 is 1.04 bits per heavy atom. The number of piperidine rings is 2. The van der Waals surface area contributed by atoms with Crippen LogP contribution >= 0.6 is 0 Å². The summed E-state index contributed by atoms with van der Waals surface area (Å²) >= 11 is 0. The van der Waals surface area contributed by atoms with Gasteiger partial charge in [0, 0.05) is 32.4 Å². The standard InChI is InChI=1S/C24H31N3O/c1-19-6-5-13-27(18-19)23-10-9-22(17-25-23)24(28)26-14-11-21(12-15-26)16-20-7-3-2-4-8-20/h2-4,7-10,17,19,21H,5-6,11-16,18H2,1H3. The summed E-state index contributed by atoms with van der Waals surface area (Å²) in [5.74, 6) is 2.52. The van der Waals surface area contributed by atoms with Crippen molar-refractivity contribution >= 4 is 11.7 Å². The molecule has 4 rings (SSSR count). The molecule has 2 saturated heterocycles. The van der Waals surface area contributed by atoms with Crippen LogP contribution < -0.4 is 4.90 Å². The summed E-state index contributed by atoms with van der Waals surface area (Å²) in [7, 11) is 0. The molecule has 2 aliphatic rings. The third kappa shape index (κ3) is 4.54. The molecule has 3 heterocycles. The third-order valence-electron chi connectivity index (χ3n) is 6.24. The highest BCUT2D eigenvalue weighted by Gasteiger charge is 2.24. The molecule has 0 radical (unpaired) electrons. The van der Waals surface area contributed by atoms with E-state index in [9.17, 15) is 4.79 Å². The SMILES string of the molecule is CC1CCCN(c2ccc(C(=O)N3CCC(Cc4ccccc4)CC3)cn2)C1. The summed E-state index contributed by atoms with van der Waals surface area (Å²) in [4.78, 5) is 21.8. The molecule has 2 aliphatic heterocycles. The third-order valence-corrected chi connectivity index (χ3v) is 6.24. The molecule has 1 atom stereocenters. The van der Waals surface area contributed by atoms with Crippen LogP contribution in [0.3, 0.4) is 0 Å².